The first-order valence-corrected chi connectivity index (χ1v) is 12.5. The van der Waals surface area contributed by atoms with Crippen molar-refractivity contribution in [3.63, 3.8) is 0 Å². The van der Waals surface area contributed by atoms with Gasteiger partial charge in [-0.2, -0.15) is 0 Å². The van der Waals surface area contributed by atoms with E-state index >= 15 is 0 Å². The molecule has 0 fully saturated rings. The minimum atomic E-state index is -0.566. The monoisotopic (exact) mass is 528 g/mol. The van der Waals surface area contributed by atoms with Gasteiger partial charge in [-0.1, -0.05) is 0 Å². The molecule has 0 aliphatic heterocycles. The standard InChI is InChI=1S/C26H24O7Se/c1-4-15(26(29)32-14-17-12-25(28)33-20-8-6-5-7-18(17)20)9-19(27)24-11-16-10-21(30-2)22(31-3)13-23(16)34-24/h5-8,10-13,15H,4,9,14H2,1-3H3/t15-/m1/s1. The predicted molar refractivity (Wildman–Crippen MR) is 129 cm³/mol. The zero-order chi connectivity index (χ0) is 24.2. The first kappa shape index (κ1) is 23.8. The molecule has 0 aliphatic carbocycles. The molecule has 34 heavy (non-hydrogen) atoms. The predicted octanol–water partition coefficient (Wildman–Crippen LogP) is 4.36. The van der Waals surface area contributed by atoms with Crippen LogP contribution in [0.15, 0.2) is 57.7 Å². The van der Waals surface area contributed by atoms with Crippen molar-refractivity contribution >= 4 is 46.9 Å². The van der Waals surface area contributed by atoms with Gasteiger partial charge in [-0.3, -0.25) is 0 Å². The van der Waals surface area contributed by atoms with E-state index < -0.39 is 17.5 Å². The number of carbonyl (C=O) groups excluding carboxylic acids is 2. The summed E-state index contributed by atoms with van der Waals surface area (Å²) in [5.74, 6) is 0.148. The van der Waals surface area contributed by atoms with Crippen LogP contribution in [0.3, 0.4) is 0 Å². The second-order valence-corrected chi connectivity index (χ2v) is 10.1. The fourth-order valence-electron chi connectivity index (χ4n) is 3.79. The van der Waals surface area contributed by atoms with Gasteiger partial charge in [0, 0.05) is 0 Å². The van der Waals surface area contributed by atoms with Gasteiger partial charge in [0.1, 0.15) is 0 Å². The van der Waals surface area contributed by atoms with E-state index in [1.165, 1.54) is 6.07 Å². The molecule has 0 bridgehead atoms. The molecule has 176 valence electrons. The Labute approximate surface area is 202 Å². The first-order chi connectivity index (χ1) is 16.4. The van der Waals surface area contributed by atoms with E-state index in [0.29, 0.717) is 38.9 Å². The molecular formula is C26H24O7Se. The van der Waals surface area contributed by atoms with Crippen LogP contribution >= 0.6 is 0 Å². The molecule has 0 spiro atoms. The fourth-order valence-corrected chi connectivity index (χ4v) is 5.93. The maximum absolute atomic E-state index is 13.0. The number of fused-ring (bicyclic) bond motifs is 2. The molecule has 8 heteroatoms. The first-order valence-electron chi connectivity index (χ1n) is 10.8. The summed E-state index contributed by atoms with van der Waals surface area (Å²) in [5.41, 5.74) is 0.503. The van der Waals surface area contributed by atoms with E-state index in [0.717, 1.165) is 9.65 Å². The Kier molecular flexibility index (Phi) is 7.20. The minimum absolute atomic E-state index is 0.0622. The average molecular weight is 527 g/mol. The summed E-state index contributed by atoms with van der Waals surface area (Å²) in [6.07, 6.45) is 0.542. The van der Waals surface area contributed by atoms with Crippen molar-refractivity contribution in [2.24, 2.45) is 5.92 Å². The van der Waals surface area contributed by atoms with Gasteiger partial charge in [0.25, 0.3) is 0 Å². The molecule has 4 rings (SSSR count). The van der Waals surface area contributed by atoms with Crippen LogP contribution in [-0.2, 0) is 16.1 Å². The Hall–Kier alpha value is -3.35. The van der Waals surface area contributed by atoms with Crippen molar-refractivity contribution in [2.75, 3.05) is 14.2 Å². The SMILES string of the molecule is CC[C@H](CC(=O)c1cc2cc(OC)c(OC)cc2[se]1)C(=O)OCc1cc(=O)oc2ccccc12. The maximum atomic E-state index is 13.0. The molecule has 1 atom stereocenters. The van der Waals surface area contributed by atoms with E-state index in [2.05, 4.69) is 0 Å². The molecule has 2 aromatic heterocycles. The van der Waals surface area contributed by atoms with Gasteiger partial charge in [-0.25, -0.2) is 0 Å². The van der Waals surface area contributed by atoms with E-state index in [4.69, 9.17) is 18.6 Å². The number of para-hydroxylation sites is 1. The Bertz CT molecular complexity index is 1370. The number of hydrogen-bond acceptors (Lipinski definition) is 7. The number of benzene rings is 2. The van der Waals surface area contributed by atoms with Crippen LogP contribution in [0, 0.1) is 5.92 Å². The number of ketones is 1. The summed E-state index contributed by atoms with van der Waals surface area (Å²) in [6, 6.07) is 14.0. The molecule has 4 aromatic rings. The number of Topliss-reactive ketones (excluding diaryl/α,β-unsaturated/α-hetero) is 1. The van der Waals surface area contributed by atoms with Crippen LogP contribution in [0.1, 0.15) is 34.6 Å². The zero-order valence-corrected chi connectivity index (χ0v) is 20.8. The topological polar surface area (TPSA) is 92.0 Å². The quantitative estimate of drug-likeness (QED) is 0.138. The van der Waals surface area contributed by atoms with Crippen LogP contribution in [0.5, 0.6) is 11.5 Å². The Balaban J connectivity index is 1.47. The second-order valence-electron chi connectivity index (χ2n) is 7.78. The van der Waals surface area contributed by atoms with Gasteiger partial charge in [0.15, 0.2) is 0 Å². The van der Waals surface area contributed by atoms with Gasteiger partial charge in [0.2, 0.25) is 0 Å². The van der Waals surface area contributed by atoms with Gasteiger partial charge in [0.05, 0.1) is 0 Å². The van der Waals surface area contributed by atoms with Crippen molar-refractivity contribution in [1.82, 2.24) is 0 Å². The summed E-state index contributed by atoms with van der Waals surface area (Å²) in [7, 11) is 3.15. The number of ether oxygens (including phenoxy) is 3. The van der Waals surface area contributed by atoms with Gasteiger partial charge in [-0.05, 0) is 0 Å². The average Bonchev–Trinajstić information content (AvgIpc) is 3.27. The Morgan fingerprint density at radius 3 is 2.50 bits per heavy atom. The number of hydrogen-bond donors (Lipinski definition) is 0. The molecule has 0 saturated heterocycles. The molecule has 0 saturated carbocycles. The number of esters is 1. The van der Waals surface area contributed by atoms with Crippen molar-refractivity contribution in [2.45, 2.75) is 26.4 Å². The van der Waals surface area contributed by atoms with Crippen LogP contribution < -0.4 is 15.1 Å². The Morgan fingerprint density at radius 1 is 1.03 bits per heavy atom. The van der Waals surface area contributed by atoms with Crippen molar-refractivity contribution < 1.29 is 28.2 Å². The van der Waals surface area contributed by atoms with Crippen LogP contribution in [0.4, 0.5) is 0 Å². The van der Waals surface area contributed by atoms with Crippen LogP contribution in [0.2, 0.25) is 0 Å². The number of rotatable bonds is 9. The normalized spacial score (nSPS) is 12.0. The third-order valence-corrected chi connectivity index (χ3v) is 8.05. The van der Waals surface area contributed by atoms with Crippen LogP contribution in [0.25, 0.3) is 20.6 Å². The molecule has 2 heterocycles. The van der Waals surface area contributed by atoms with E-state index in [-0.39, 0.29) is 33.3 Å². The molecule has 0 aliphatic rings. The number of methoxy groups -OCH3 is 2. The molecule has 0 radical (unpaired) electrons. The summed E-state index contributed by atoms with van der Waals surface area (Å²) in [4.78, 5) is 37.6. The second kappa shape index (κ2) is 10.3. The van der Waals surface area contributed by atoms with Gasteiger partial charge >= 0.3 is 202 Å². The summed E-state index contributed by atoms with van der Waals surface area (Å²) >= 11 is -0.175. The van der Waals surface area contributed by atoms with Crippen molar-refractivity contribution in [3.8, 4) is 11.5 Å². The van der Waals surface area contributed by atoms with Crippen molar-refractivity contribution in [1.29, 1.82) is 0 Å². The summed E-state index contributed by atoms with van der Waals surface area (Å²) < 4.78 is 23.1. The molecule has 0 unspecified atom stereocenters. The molecule has 7 nitrogen and oxygen atoms in total. The molecule has 2 aromatic carbocycles. The third-order valence-electron chi connectivity index (χ3n) is 5.66. The van der Waals surface area contributed by atoms with Crippen molar-refractivity contribution in [3.05, 3.63) is 69.0 Å². The number of carbonyl (C=O) groups is 2. The Morgan fingerprint density at radius 2 is 1.76 bits per heavy atom. The van der Waals surface area contributed by atoms with Gasteiger partial charge < -0.3 is 0 Å². The van der Waals surface area contributed by atoms with E-state index in [9.17, 15) is 14.4 Å². The summed E-state index contributed by atoms with van der Waals surface area (Å²) in [5, 5.41) is 1.65. The fraction of sp³-hybridized carbons (Fsp3) is 0.269. The van der Waals surface area contributed by atoms with Gasteiger partial charge in [-0.15, -0.1) is 0 Å². The molecule has 0 N–H and O–H groups in total. The molecule has 0 amide bonds. The molecular weight excluding hydrogens is 503 g/mol. The zero-order valence-electron chi connectivity index (χ0n) is 19.1. The summed E-state index contributed by atoms with van der Waals surface area (Å²) in [6.45, 7) is 1.79. The van der Waals surface area contributed by atoms with E-state index in [1.807, 2.05) is 31.2 Å². The van der Waals surface area contributed by atoms with Crippen LogP contribution in [-0.4, -0.2) is 40.5 Å². The third kappa shape index (κ3) is 4.93. The van der Waals surface area contributed by atoms with E-state index in [1.54, 1.807) is 32.4 Å².